The minimum atomic E-state index is -0.463. The number of amides is 2. The van der Waals surface area contributed by atoms with E-state index in [9.17, 15) is 18.8 Å². The lowest BCUT2D eigenvalue weighted by atomic mass is 9.85. The van der Waals surface area contributed by atoms with Crippen LogP contribution < -0.4 is 16.0 Å². The van der Waals surface area contributed by atoms with E-state index in [0.717, 1.165) is 31.7 Å². The van der Waals surface area contributed by atoms with Gasteiger partial charge in [0.1, 0.15) is 17.2 Å². The van der Waals surface area contributed by atoms with Gasteiger partial charge in [-0.1, -0.05) is 23.8 Å². The topological polar surface area (TPSA) is 135 Å². The minimum Gasteiger partial charge on any atom is -0.376 e. The van der Waals surface area contributed by atoms with Crippen LogP contribution in [0.4, 0.5) is 10.1 Å². The number of anilines is 1. The molecule has 9 nitrogen and oxygen atoms in total. The molecule has 2 saturated heterocycles. The van der Waals surface area contributed by atoms with E-state index in [1.54, 1.807) is 0 Å². The number of rotatable bonds is 9. The van der Waals surface area contributed by atoms with Crippen molar-refractivity contribution in [3.05, 3.63) is 58.9 Å². The smallest absolute Gasteiger partial charge is 0.270 e. The van der Waals surface area contributed by atoms with Crippen LogP contribution in [0.15, 0.2) is 36.7 Å². The molecule has 5 atom stereocenters. The standard InChI is InChI=1S/C26H29ClFN5O4/c27-18-11-16(28)7-8-19(18)33-25(35)15-5-3-14(4-6-15)10-20-21(32-20)24(34)22-23(31-13-30-22)26(36)29-12-17-2-1-9-37-17/h3,5,7-8,11,13-15,17,20-21,32H,1-2,4,6,9-10,12H2,(H,29,36)(H,30,31)(H,33,35)/t14?,15-,17?,20?,21?/m0/s1. The van der Waals surface area contributed by atoms with Gasteiger partial charge in [0.05, 0.1) is 35.1 Å². The molecule has 2 aliphatic heterocycles. The first kappa shape index (κ1) is 25.6. The fraction of sp³-hybridized carbons (Fsp3) is 0.462. The predicted molar refractivity (Wildman–Crippen MR) is 135 cm³/mol. The highest BCUT2D eigenvalue weighted by atomic mass is 35.5. The number of halogens is 2. The Bertz CT molecular complexity index is 1210. The van der Waals surface area contributed by atoms with Crippen LogP contribution in [0.1, 0.15) is 53.1 Å². The van der Waals surface area contributed by atoms with Crippen LogP contribution in [0.25, 0.3) is 0 Å². The molecule has 3 aliphatic rings. The Morgan fingerprint density at radius 1 is 1.19 bits per heavy atom. The van der Waals surface area contributed by atoms with Gasteiger partial charge in [-0.05, 0) is 56.2 Å². The number of carbonyl (C=O) groups is 3. The Labute approximate surface area is 218 Å². The van der Waals surface area contributed by atoms with Crippen molar-refractivity contribution in [2.75, 3.05) is 18.5 Å². The fourth-order valence-electron chi connectivity index (χ4n) is 4.97. The summed E-state index contributed by atoms with van der Waals surface area (Å²) in [4.78, 5) is 45.1. The summed E-state index contributed by atoms with van der Waals surface area (Å²) in [6.07, 6.45) is 9.36. The first-order chi connectivity index (χ1) is 17.9. The highest BCUT2D eigenvalue weighted by Crippen LogP contribution is 2.32. The number of hydrogen-bond donors (Lipinski definition) is 4. The molecule has 3 heterocycles. The second-order valence-corrected chi connectivity index (χ2v) is 10.2. The molecule has 0 bridgehead atoms. The van der Waals surface area contributed by atoms with Gasteiger partial charge < -0.3 is 25.7 Å². The molecular formula is C26H29ClFN5O4. The molecule has 37 heavy (non-hydrogen) atoms. The third-order valence-corrected chi connectivity index (χ3v) is 7.44. The van der Waals surface area contributed by atoms with Crippen molar-refractivity contribution in [3.63, 3.8) is 0 Å². The number of nitrogens with one attached hydrogen (secondary N) is 4. The van der Waals surface area contributed by atoms with Crippen molar-refractivity contribution < 1.29 is 23.5 Å². The third kappa shape index (κ3) is 6.08. The van der Waals surface area contributed by atoms with Gasteiger partial charge in [-0.3, -0.25) is 14.4 Å². The lowest BCUT2D eigenvalue weighted by Gasteiger charge is -2.22. The lowest BCUT2D eigenvalue weighted by molar-refractivity contribution is -0.118. The molecule has 1 aromatic carbocycles. The van der Waals surface area contributed by atoms with Crippen molar-refractivity contribution in [1.29, 1.82) is 0 Å². The van der Waals surface area contributed by atoms with E-state index in [1.807, 2.05) is 12.2 Å². The summed E-state index contributed by atoms with van der Waals surface area (Å²) < 4.78 is 18.8. The van der Waals surface area contributed by atoms with Crippen LogP contribution >= 0.6 is 11.6 Å². The van der Waals surface area contributed by atoms with Crippen molar-refractivity contribution in [2.24, 2.45) is 11.8 Å². The van der Waals surface area contributed by atoms with E-state index in [-0.39, 0.29) is 64.0 Å². The maximum Gasteiger partial charge on any atom is 0.270 e. The van der Waals surface area contributed by atoms with Gasteiger partial charge in [-0.15, -0.1) is 0 Å². The number of imidazole rings is 1. The fourth-order valence-corrected chi connectivity index (χ4v) is 5.19. The summed E-state index contributed by atoms with van der Waals surface area (Å²) in [7, 11) is 0. The molecule has 2 fully saturated rings. The molecule has 4 N–H and O–H groups in total. The van der Waals surface area contributed by atoms with Gasteiger partial charge in [0.15, 0.2) is 0 Å². The Balaban J connectivity index is 1.10. The number of allylic oxidation sites excluding steroid dienone is 1. The van der Waals surface area contributed by atoms with Crippen LogP contribution in [0.5, 0.6) is 0 Å². The number of ether oxygens (including phenoxy) is 1. The summed E-state index contributed by atoms with van der Waals surface area (Å²) >= 11 is 6.00. The van der Waals surface area contributed by atoms with E-state index >= 15 is 0 Å². The SMILES string of the molecule is O=C(NCC1CCCO1)c1[nH]cnc1C(=O)C1NC1CC1C=C[C@H](C(=O)Nc2ccc(F)cc2Cl)CC1. The van der Waals surface area contributed by atoms with Crippen LogP contribution in [0.3, 0.4) is 0 Å². The molecule has 0 radical (unpaired) electrons. The highest BCUT2D eigenvalue weighted by Gasteiger charge is 2.45. The van der Waals surface area contributed by atoms with Gasteiger partial charge >= 0.3 is 0 Å². The van der Waals surface area contributed by atoms with Crippen molar-refractivity contribution in [1.82, 2.24) is 20.6 Å². The zero-order valence-electron chi connectivity index (χ0n) is 20.1. The van der Waals surface area contributed by atoms with Crippen molar-refractivity contribution in [3.8, 4) is 0 Å². The van der Waals surface area contributed by atoms with Gasteiger partial charge in [0, 0.05) is 19.2 Å². The molecule has 5 rings (SSSR count). The number of ketones is 1. The van der Waals surface area contributed by atoms with Gasteiger partial charge in [0.2, 0.25) is 11.7 Å². The van der Waals surface area contributed by atoms with Gasteiger partial charge in [0.25, 0.3) is 5.91 Å². The molecule has 196 valence electrons. The van der Waals surface area contributed by atoms with E-state index in [2.05, 4.69) is 25.9 Å². The Hall–Kier alpha value is -3.08. The van der Waals surface area contributed by atoms with Gasteiger partial charge in [-0.2, -0.15) is 0 Å². The van der Waals surface area contributed by atoms with E-state index in [4.69, 9.17) is 16.3 Å². The molecule has 4 unspecified atom stereocenters. The number of Topliss-reactive ketones (excluding diaryl/α,β-unsaturated/α-hetero) is 1. The number of carbonyl (C=O) groups excluding carboxylic acids is 3. The average Bonchev–Trinajstić information content (AvgIpc) is 3.25. The molecule has 11 heteroatoms. The van der Waals surface area contributed by atoms with Crippen LogP contribution in [0.2, 0.25) is 5.02 Å². The number of aromatic nitrogens is 2. The Morgan fingerprint density at radius 2 is 2.05 bits per heavy atom. The Kier molecular flexibility index (Phi) is 7.68. The lowest BCUT2D eigenvalue weighted by Crippen LogP contribution is -2.33. The number of benzene rings is 1. The zero-order chi connectivity index (χ0) is 25.9. The molecule has 0 spiro atoms. The molecular weight excluding hydrogens is 501 g/mol. The first-order valence-electron chi connectivity index (χ1n) is 12.6. The summed E-state index contributed by atoms with van der Waals surface area (Å²) in [5.74, 6) is -1.31. The quantitative estimate of drug-likeness (QED) is 0.224. The average molecular weight is 530 g/mol. The summed E-state index contributed by atoms with van der Waals surface area (Å²) in [6.45, 7) is 1.11. The largest absolute Gasteiger partial charge is 0.376 e. The van der Waals surface area contributed by atoms with E-state index in [0.29, 0.717) is 25.3 Å². The van der Waals surface area contributed by atoms with Gasteiger partial charge in [-0.25, -0.2) is 9.37 Å². The first-order valence-corrected chi connectivity index (χ1v) is 12.9. The van der Waals surface area contributed by atoms with Crippen LogP contribution in [-0.4, -0.2) is 58.9 Å². The number of H-pyrrole nitrogens is 1. The monoisotopic (exact) mass is 529 g/mol. The summed E-state index contributed by atoms with van der Waals surface area (Å²) in [5, 5.41) is 8.94. The number of nitrogens with zero attached hydrogens (tertiary/aromatic N) is 1. The Morgan fingerprint density at radius 3 is 2.78 bits per heavy atom. The van der Waals surface area contributed by atoms with Crippen molar-refractivity contribution in [2.45, 2.75) is 50.3 Å². The second kappa shape index (κ2) is 11.1. The normalized spacial score (nSPS) is 26.6. The highest BCUT2D eigenvalue weighted by molar-refractivity contribution is 6.33. The third-order valence-electron chi connectivity index (χ3n) is 7.13. The maximum absolute atomic E-state index is 13.2. The number of aromatic amines is 1. The van der Waals surface area contributed by atoms with Crippen LogP contribution in [-0.2, 0) is 9.53 Å². The summed E-state index contributed by atoms with van der Waals surface area (Å²) in [5.41, 5.74) is 0.689. The molecule has 2 amide bonds. The van der Waals surface area contributed by atoms with Crippen LogP contribution in [0, 0.1) is 17.7 Å². The summed E-state index contributed by atoms with van der Waals surface area (Å²) in [6, 6.07) is 3.46. The second-order valence-electron chi connectivity index (χ2n) is 9.76. The molecule has 0 saturated carbocycles. The predicted octanol–water partition coefficient (Wildman–Crippen LogP) is 3.25. The zero-order valence-corrected chi connectivity index (χ0v) is 20.9. The molecule has 1 aromatic heterocycles. The number of hydrogen-bond acceptors (Lipinski definition) is 6. The molecule has 2 aromatic rings. The van der Waals surface area contributed by atoms with E-state index < -0.39 is 5.82 Å². The minimum absolute atomic E-state index is 0.00921. The maximum atomic E-state index is 13.2. The molecule has 1 aliphatic carbocycles. The van der Waals surface area contributed by atoms with E-state index in [1.165, 1.54) is 18.5 Å². The van der Waals surface area contributed by atoms with Crippen molar-refractivity contribution >= 4 is 34.9 Å².